The van der Waals surface area contributed by atoms with Crippen LogP contribution in [0.4, 0.5) is 0 Å². The van der Waals surface area contributed by atoms with Gasteiger partial charge in [-0.05, 0) is 0 Å². The maximum Gasteiger partial charge on any atom is 0.187 e. The number of aliphatic hydroxyl groups is 11. The molecule has 200 valence electrons. The fourth-order valence-electron chi connectivity index (χ4n) is 4.05. The van der Waals surface area contributed by atoms with Gasteiger partial charge in [-0.3, -0.25) is 0 Å². The van der Waals surface area contributed by atoms with Crippen molar-refractivity contribution >= 4 is 0 Å². The molecule has 15 atom stereocenters. The van der Waals surface area contributed by atoms with Crippen LogP contribution in [0.5, 0.6) is 0 Å². The number of hydrogen-bond acceptors (Lipinski definition) is 16. The Balaban J connectivity index is 1.78. The second kappa shape index (κ2) is 11.6. The summed E-state index contributed by atoms with van der Waals surface area (Å²) in [6, 6.07) is 0. The van der Waals surface area contributed by atoms with E-state index in [4.69, 9.17) is 23.7 Å². The van der Waals surface area contributed by atoms with Gasteiger partial charge in [-0.2, -0.15) is 0 Å². The van der Waals surface area contributed by atoms with Gasteiger partial charge in [0, 0.05) is 0 Å². The lowest BCUT2D eigenvalue weighted by molar-refractivity contribution is -0.378. The summed E-state index contributed by atoms with van der Waals surface area (Å²) >= 11 is 0. The molecule has 0 unspecified atom stereocenters. The molecule has 0 aromatic rings. The summed E-state index contributed by atoms with van der Waals surface area (Å²) < 4.78 is 26.4. The van der Waals surface area contributed by atoms with Crippen molar-refractivity contribution in [2.24, 2.45) is 0 Å². The number of aliphatic hydroxyl groups excluding tert-OH is 11. The van der Waals surface area contributed by atoms with E-state index >= 15 is 0 Å². The van der Waals surface area contributed by atoms with E-state index in [9.17, 15) is 56.2 Å². The molecule has 16 nitrogen and oxygen atoms in total. The summed E-state index contributed by atoms with van der Waals surface area (Å²) in [5.74, 6) is 0. The van der Waals surface area contributed by atoms with E-state index in [2.05, 4.69) is 0 Å². The minimum absolute atomic E-state index is 0.759. The fourth-order valence-corrected chi connectivity index (χ4v) is 4.05. The van der Waals surface area contributed by atoms with Gasteiger partial charge in [0.1, 0.15) is 73.2 Å². The smallest absolute Gasteiger partial charge is 0.187 e. The van der Waals surface area contributed by atoms with Crippen LogP contribution in [0.3, 0.4) is 0 Å². The maximum atomic E-state index is 10.8. The summed E-state index contributed by atoms with van der Waals surface area (Å²) in [5.41, 5.74) is 0. The van der Waals surface area contributed by atoms with Crippen molar-refractivity contribution in [2.45, 2.75) is 92.1 Å². The summed E-state index contributed by atoms with van der Waals surface area (Å²) in [4.78, 5) is 0. The molecule has 3 rings (SSSR count). The first-order chi connectivity index (χ1) is 16.0. The van der Waals surface area contributed by atoms with Crippen molar-refractivity contribution in [2.75, 3.05) is 19.8 Å². The minimum Gasteiger partial charge on any atom is -0.394 e. The van der Waals surface area contributed by atoms with E-state index in [1.54, 1.807) is 0 Å². The third-order valence-electron chi connectivity index (χ3n) is 6.09. The molecule has 0 bridgehead atoms. The lowest BCUT2D eigenvalue weighted by Crippen LogP contribution is -2.66. The van der Waals surface area contributed by atoms with Crippen LogP contribution >= 0.6 is 0 Å². The third kappa shape index (κ3) is 5.37. The van der Waals surface area contributed by atoms with E-state index in [0.29, 0.717) is 0 Å². The van der Waals surface area contributed by atoms with Crippen molar-refractivity contribution in [3.8, 4) is 0 Å². The molecule has 3 aliphatic heterocycles. The van der Waals surface area contributed by atoms with Crippen LogP contribution < -0.4 is 0 Å². The average molecular weight is 504 g/mol. The zero-order valence-electron chi connectivity index (χ0n) is 17.7. The molecule has 34 heavy (non-hydrogen) atoms. The van der Waals surface area contributed by atoms with Crippen LogP contribution in [0.15, 0.2) is 0 Å². The molecular weight excluding hydrogens is 472 g/mol. The average Bonchev–Trinajstić information content (AvgIpc) is 2.83. The highest BCUT2D eigenvalue weighted by molar-refractivity contribution is 4.96. The Morgan fingerprint density at radius 3 is 1.50 bits per heavy atom. The highest BCUT2D eigenvalue weighted by atomic mass is 16.7. The van der Waals surface area contributed by atoms with E-state index < -0.39 is 112 Å². The van der Waals surface area contributed by atoms with Gasteiger partial charge in [0.25, 0.3) is 0 Å². The molecule has 0 spiro atoms. The van der Waals surface area contributed by atoms with Gasteiger partial charge >= 0.3 is 0 Å². The SMILES string of the molecule is OC[C@H]1O[C@@H](O[C@H]2[C@@H](O)[C@@H](CO)O[C@@H](O[C@@H]3[C@H](O)[C@@H](O)[C@H](O)O[C@@H]3CO)[C@@H]2O)[C@H](O)[C@@H](O)[C@H]1O. The zero-order chi connectivity index (χ0) is 25.3. The Labute approximate surface area is 192 Å². The Kier molecular flexibility index (Phi) is 9.54. The normalized spacial score (nSPS) is 52.5. The molecule has 0 radical (unpaired) electrons. The fraction of sp³-hybridized carbons (Fsp3) is 1.00. The maximum absolute atomic E-state index is 10.8. The molecular formula is C18H32O16. The molecule has 3 aliphatic rings. The standard InChI is InChI=1S/C18H32O16/c19-1-4-7(22)9(24)12(27)17(31-4)34-15-8(23)5(2-20)32-18(13(15)28)33-14-6(3-21)30-16(29)11(26)10(14)25/h4-29H,1-3H2/t4-,5-,6-,7+,8+,9+,10-,11-,12-,13-,14+,15+,16-,17+,18+/m1/s1. The number of rotatable bonds is 7. The monoisotopic (exact) mass is 504 g/mol. The Morgan fingerprint density at radius 1 is 0.441 bits per heavy atom. The van der Waals surface area contributed by atoms with Crippen LogP contribution in [-0.4, -0.2) is 168 Å². The van der Waals surface area contributed by atoms with Gasteiger partial charge in [0.2, 0.25) is 0 Å². The van der Waals surface area contributed by atoms with Gasteiger partial charge in [0.05, 0.1) is 19.8 Å². The molecule has 0 aliphatic carbocycles. The zero-order valence-corrected chi connectivity index (χ0v) is 17.7. The molecule has 3 saturated heterocycles. The highest BCUT2D eigenvalue weighted by Crippen LogP contribution is 2.32. The Hall–Kier alpha value is -0.640. The Morgan fingerprint density at radius 2 is 0.941 bits per heavy atom. The van der Waals surface area contributed by atoms with E-state index in [-0.39, 0.29) is 0 Å². The minimum atomic E-state index is -1.90. The molecule has 11 N–H and O–H groups in total. The van der Waals surface area contributed by atoms with Crippen molar-refractivity contribution in [3.63, 3.8) is 0 Å². The second-order valence-electron chi connectivity index (χ2n) is 8.33. The second-order valence-corrected chi connectivity index (χ2v) is 8.33. The lowest BCUT2D eigenvalue weighted by Gasteiger charge is -2.47. The van der Waals surface area contributed by atoms with Gasteiger partial charge < -0.3 is 79.9 Å². The van der Waals surface area contributed by atoms with Crippen LogP contribution in [0.2, 0.25) is 0 Å². The number of hydrogen-bond donors (Lipinski definition) is 11. The lowest BCUT2D eigenvalue weighted by atomic mass is 9.96. The van der Waals surface area contributed by atoms with E-state index in [0.717, 1.165) is 0 Å². The predicted molar refractivity (Wildman–Crippen MR) is 101 cm³/mol. The first kappa shape index (κ1) is 27.9. The van der Waals surface area contributed by atoms with E-state index in [1.165, 1.54) is 0 Å². The topological polar surface area (TPSA) is 269 Å². The molecule has 0 amide bonds. The van der Waals surface area contributed by atoms with E-state index in [1.807, 2.05) is 0 Å². The summed E-state index contributed by atoms with van der Waals surface area (Å²) in [6.45, 7) is -2.34. The van der Waals surface area contributed by atoms with Crippen LogP contribution in [0.1, 0.15) is 0 Å². The van der Waals surface area contributed by atoms with Gasteiger partial charge in [-0.25, -0.2) is 0 Å². The van der Waals surface area contributed by atoms with Crippen LogP contribution in [0, 0.1) is 0 Å². The first-order valence-corrected chi connectivity index (χ1v) is 10.6. The largest absolute Gasteiger partial charge is 0.394 e. The van der Waals surface area contributed by atoms with Gasteiger partial charge in [-0.1, -0.05) is 0 Å². The van der Waals surface area contributed by atoms with Crippen molar-refractivity contribution < 1.29 is 79.9 Å². The summed E-state index contributed by atoms with van der Waals surface area (Å²) in [7, 11) is 0. The van der Waals surface area contributed by atoms with Crippen molar-refractivity contribution in [3.05, 3.63) is 0 Å². The van der Waals surface area contributed by atoms with Crippen LogP contribution in [0.25, 0.3) is 0 Å². The quantitative estimate of drug-likeness (QED) is 0.154. The van der Waals surface area contributed by atoms with Crippen molar-refractivity contribution in [1.29, 1.82) is 0 Å². The van der Waals surface area contributed by atoms with Crippen molar-refractivity contribution in [1.82, 2.24) is 0 Å². The number of ether oxygens (including phenoxy) is 5. The summed E-state index contributed by atoms with van der Waals surface area (Å²) in [5, 5.41) is 109. The predicted octanol–water partition coefficient (Wildman–Crippen LogP) is -7.57. The molecule has 3 heterocycles. The van der Waals surface area contributed by atoms with Gasteiger partial charge in [0.15, 0.2) is 18.9 Å². The molecule has 0 saturated carbocycles. The molecule has 0 aromatic heterocycles. The molecule has 3 fully saturated rings. The third-order valence-corrected chi connectivity index (χ3v) is 6.09. The molecule has 16 heteroatoms. The highest BCUT2D eigenvalue weighted by Gasteiger charge is 2.53. The van der Waals surface area contributed by atoms with Gasteiger partial charge in [-0.15, -0.1) is 0 Å². The molecule has 0 aromatic carbocycles. The Bertz CT molecular complexity index is 637. The summed E-state index contributed by atoms with van der Waals surface area (Å²) in [6.07, 6.45) is -25.4. The van der Waals surface area contributed by atoms with Crippen LogP contribution in [-0.2, 0) is 23.7 Å². The first-order valence-electron chi connectivity index (χ1n) is 10.6.